The SMILES string of the molecule is COc1ccc(N2CC[NH+](CCCCC(=O)[O-])CC2)cc1. The molecule has 1 saturated heterocycles. The summed E-state index contributed by atoms with van der Waals surface area (Å²) in [6, 6.07) is 8.19. The topological polar surface area (TPSA) is 57.0 Å². The lowest BCUT2D eigenvalue weighted by Gasteiger charge is -2.33. The number of carbonyl (C=O) groups is 1. The summed E-state index contributed by atoms with van der Waals surface area (Å²) in [5, 5.41) is 10.4. The summed E-state index contributed by atoms with van der Waals surface area (Å²) in [4.78, 5) is 14.3. The fourth-order valence-electron chi connectivity index (χ4n) is 2.77. The maximum absolute atomic E-state index is 10.4. The minimum absolute atomic E-state index is 0.186. The summed E-state index contributed by atoms with van der Waals surface area (Å²) in [7, 11) is 1.68. The number of hydrogen-bond donors (Lipinski definition) is 1. The number of carboxylic acids is 1. The highest BCUT2D eigenvalue weighted by atomic mass is 16.5. The number of nitrogens with one attached hydrogen (secondary N) is 1. The summed E-state index contributed by atoms with van der Waals surface area (Å²) >= 11 is 0. The van der Waals surface area contributed by atoms with Gasteiger partial charge in [-0.05, 0) is 43.5 Å². The van der Waals surface area contributed by atoms with Gasteiger partial charge in [0.1, 0.15) is 5.75 Å². The van der Waals surface area contributed by atoms with Gasteiger partial charge in [-0.2, -0.15) is 0 Å². The van der Waals surface area contributed by atoms with E-state index in [9.17, 15) is 9.90 Å². The van der Waals surface area contributed by atoms with Gasteiger partial charge in [-0.25, -0.2) is 0 Å². The third-order valence-corrected chi connectivity index (χ3v) is 4.07. The Kier molecular flexibility index (Phi) is 5.87. The number of benzene rings is 1. The monoisotopic (exact) mass is 292 g/mol. The van der Waals surface area contributed by atoms with E-state index in [1.807, 2.05) is 12.1 Å². The first-order chi connectivity index (χ1) is 10.2. The van der Waals surface area contributed by atoms with Crippen LogP contribution in [0.25, 0.3) is 0 Å². The number of ether oxygens (including phenoxy) is 1. The molecule has 0 saturated carbocycles. The largest absolute Gasteiger partial charge is 0.550 e. The number of carboxylic acid groups (broad SMARTS) is 1. The number of quaternary nitrogens is 1. The van der Waals surface area contributed by atoms with E-state index in [1.165, 1.54) is 5.69 Å². The van der Waals surface area contributed by atoms with Crippen LogP contribution in [0.4, 0.5) is 5.69 Å². The second-order valence-corrected chi connectivity index (χ2v) is 5.51. The van der Waals surface area contributed by atoms with Crippen molar-refractivity contribution in [1.29, 1.82) is 0 Å². The molecule has 5 nitrogen and oxygen atoms in total. The summed E-state index contributed by atoms with van der Waals surface area (Å²) in [5.74, 6) is -0.0507. The van der Waals surface area contributed by atoms with E-state index in [0.29, 0.717) is 0 Å². The third-order valence-electron chi connectivity index (χ3n) is 4.07. The lowest BCUT2D eigenvalue weighted by atomic mass is 10.2. The number of rotatable bonds is 7. The summed E-state index contributed by atoms with van der Waals surface area (Å²) in [6.07, 6.45) is 1.88. The maximum Gasteiger partial charge on any atom is 0.119 e. The first-order valence-corrected chi connectivity index (χ1v) is 7.61. The molecule has 1 aliphatic rings. The summed E-state index contributed by atoms with van der Waals surface area (Å²) < 4.78 is 5.18. The van der Waals surface area contributed by atoms with Crippen LogP contribution in [-0.4, -0.2) is 45.8 Å². The van der Waals surface area contributed by atoms with Crippen molar-refractivity contribution in [2.45, 2.75) is 19.3 Å². The molecule has 0 bridgehead atoms. The molecular weight excluding hydrogens is 268 g/mol. The van der Waals surface area contributed by atoms with Gasteiger partial charge in [-0.15, -0.1) is 0 Å². The Morgan fingerprint density at radius 2 is 1.90 bits per heavy atom. The van der Waals surface area contributed by atoms with Gasteiger partial charge in [0.05, 0.1) is 39.8 Å². The van der Waals surface area contributed by atoms with E-state index in [0.717, 1.165) is 51.3 Å². The second-order valence-electron chi connectivity index (χ2n) is 5.51. The Balaban J connectivity index is 1.71. The molecule has 2 rings (SSSR count). The molecule has 0 aromatic heterocycles. The summed E-state index contributed by atoms with van der Waals surface area (Å²) in [5.41, 5.74) is 1.24. The van der Waals surface area contributed by atoms with Gasteiger partial charge < -0.3 is 24.4 Å². The van der Waals surface area contributed by atoms with Crippen LogP contribution in [0.5, 0.6) is 5.75 Å². The molecule has 21 heavy (non-hydrogen) atoms. The van der Waals surface area contributed by atoms with Crippen LogP contribution in [0.3, 0.4) is 0 Å². The van der Waals surface area contributed by atoms with Crippen molar-refractivity contribution in [2.75, 3.05) is 44.7 Å². The van der Waals surface area contributed by atoms with Crippen LogP contribution in [0, 0.1) is 0 Å². The fraction of sp³-hybridized carbons (Fsp3) is 0.562. The van der Waals surface area contributed by atoms with Crippen molar-refractivity contribution >= 4 is 11.7 Å². The fourth-order valence-corrected chi connectivity index (χ4v) is 2.77. The molecule has 1 N–H and O–H groups in total. The number of unbranched alkanes of at least 4 members (excludes halogenated alkanes) is 1. The minimum atomic E-state index is -0.936. The maximum atomic E-state index is 10.4. The van der Waals surface area contributed by atoms with E-state index in [2.05, 4.69) is 17.0 Å². The Morgan fingerprint density at radius 3 is 2.48 bits per heavy atom. The Hall–Kier alpha value is -1.75. The van der Waals surface area contributed by atoms with Gasteiger partial charge in [0, 0.05) is 11.7 Å². The predicted molar refractivity (Wildman–Crippen MR) is 79.6 cm³/mol. The molecule has 1 aromatic rings. The molecule has 1 aromatic carbocycles. The minimum Gasteiger partial charge on any atom is -0.550 e. The van der Waals surface area contributed by atoms with Gasteiger partial charge >= 0.3 is 0 Å². The normalized spacial score (nSPS) is 16.0. The smallest absolute Gasteiger partial charge is 0.119 e. The van der Waals surface area contributed by atoms with Crippen molar-refractivity contribution in [2.24, 2.45) is 0 Å². The average Bonchev–Trinajstić information content (AvgIpc) is 2.52. The number of methoxy groups -OCH3 is 1. The highest BCUT2D eigenvalue weighted by molar-refractivity contribution is 5.64. The number of nitrogens with zero attached hydrogens (tertiary/aromatic N) is 1. The van der Waals surface area contributed by atoms with E-state index in [4.69, 9.17) is 4.74 Å². The number of aliphatic carboxylic acids is 1. The molecule has 1 fully saturated rings. The highest BCUT2D eigenvalue weighted by Gasteiger charge is 2.19. The molecule has 1 aliphatic heterocycles. The lowest BCUT2D eigenvalue weighted by molar-refractivity contribution is -0.900. The summed E-state index contributed by atoms with van der Waals surface area (Å²) in [6.45, 7) is 5.36. The molecule has 5 heteroatoms. The molecule has 1 heterocycles. The standard InChI is InChI=1S/C16H24N2O3/c1-21-15-7-5-14(6-8-15)18-12-10-17(11-13-18)9-3-2-4-16(19)20/h5-8H,2-4,9-13H2,1H3,(H,19,20). The molecule has 0 radical (unpaired) electrons. The predicted octanol–water partition coefficient (Wildman–Crippen LogP) is -0.680. The van der Waals surface area contributed by atoms with E-state index in [1.54, 1.807) is 12.0 Å². The molecule has 0 aliphatic carbocycles. The Bertz CT molecular complexity index is 439. The van der Waals surface area contributed by atoms with Crippen LogP contribution in [0.1, 0.15) is 19.3 Å². The molecule has 0 unspecified atom stereocenters. The number of carbonyl (C=O) groups excluding carboxylic acids is 1. The third kappa shape index (κ3) is 4.93. The quantitative estimate of drug-likeness (QED) is 0.677. The number of piperazine rings is 1. The highest BCUT2D eigenvalue weighted by Crippen LogP contribution is 2.18. The molecular formula is C16H24N2O3. The molecule has 116 valence electrons. The van der Waals surface area contributed by atoms with Crippen molar-refractivity contribution in [3.63, 3.8) is 0 Å². The Labute approximate surface area is 126 Å². The molecule has 0 amide bonds. The first-order valence-electron chi connectivity index (χ1n) is 7.61. The van der Waals surface area contributed by atoms with Crippen LogP contribution >= 0.6 is 0 Å². The van der Waals surface area contributed by atoms with Gasteiger partial charge in [-0.1, -0.05) is 0 Å². The zero-order valence-electron chi connectivity index (χ0n) is 12.6. The first kappa shape index (κ1) is 15.6. The van der Waals surface area contributed by atoms with Crippen LogP contribution in [-0.2, 0) is 4.79 Å². The molecule has 0 spiro atoms. The number of hydrogen-bond acceptors (Lipinski definition) is 4. The second kappa shape index (κ2) is 7.88. The van der Waals surface area contributed by atoms with Crippen molar-refractivity contribution in [3.8, 4) is 5.75 Å². The van der Waals surface area contributed by atoms with Gasteiger partial charge in [0.15, 0.2) is 0 Å². The van der Waals surface area contributed by atoms with Crippen molar-refractivity contribution in [1.82, 2.24) is 0 Å². The van der Waals surface area contributed by atoms with E-state index < -0.39 is 5.97 Å². The zero-order chi connectivity index (χ0) is 15.1. The van der Waals surface area contributed by atoms with Crippen molar-refractivity contribution in [3.05, 3.63) is 24.3 Å². The zero-order valence-corrected chi connectivity index (χ0v) is 12.6. The Morgan fingerprint density at radius 1 is 1.24 bits per heavy atom. The van der Waals surface area contributed by atoms with Gasteiger partial charge in [0.25, 0.3) is 0 Å². The van der Waals surface area contributed by atoms with Gasteiger partial charge in [0.2, 0.25) is 0 Å². The number of anilines is 1. The van der Waals surface area contributed by atoms with Crippen molar-refractivity contribution < 1.29 is 19.5 Å². The van der Waals surface area contributed by atoms with Crippen LogP contribution in [0.15, 0.2) is 24.3 Å². The molecule has 0 atom stereocenters. The van der Waals surface area contributed by atoms with Crippen LogP contribution < -0.4 is 19.6 Å². The average molecular weight is 292 g/mol. The van der Waals surface area contributed by atoms with E-state index in [-0.39, 0.29) is 6.42 Å². The van der Waals surface area contributed by atoms with Gasteiger partial charge in [-0.3, -0.25) is 0 Å². The van der Waals surface area contributed by atoms with Crippen LogP contribution in [0.2, 0.25) is 0 Å². The van der Waals surface area contributed by atoms with E-state index >= 15 is 0 Å². The lowest BCUT2D eigenvalue weighted by Crippen LogP contribution is -3.14.